The largest absolute Gasteiger partial charge is 0.417 e. The van der Waals surface area contributed by atoms with Gasteiger partial charge in [-0.1, -0.05) is 113 Å². The number of allylic oxidation sites excluding steroid dienone is 2. The standard InChI is InChI=1S/C26H53BrOSi/c1-26(2,3)25(28-29(4)5)23-21-19-17-15-13-11-9-7-6-8-10-12-14-16-18-20-22-24-27/h8,10,25,29H,6-7,9,11-24H2,1-5H3/b10-8-. The molecule has 0 aromatic rings. The summed E-state index contributed by atoms with van der Waals surface area (Å²) in [6, 6.07) is 0. The van der Waals surface area contributed by atoms with Gasteiger partial charge in [0.15, 0.2) is 9.04 Å². The smallest absolute Gasteiger partial charge is 0.171 e. The molecule has 0 aliphatic rings. The van der Waals surface area contributed by atoms with Crippen LogP contribution in [-0.2, 0) is 4.43 Å². The lowest BCUT2D eigenvalue weighted by Gasteiger charge is -2.32. The van der Waals surface area contributed by atoms with Crippen molar-refractivity contribution in [1.29, 1.82) is 0 Å². The molecule has 0 fully saturated rings. The Kier molecular flexibility index (Phi) is 20.6. The quantitative estimate of drug-likeness (QED) is 0.0716. The first kappa shape index (κ1) is 29.4. The normalized spacial score (nSPS) is 13.6. The van der Waals surface area contributed by atoms with Crippen molar-refractivity contribution in [2.24, 2.45) is 5.41 Å². The molecule has 0 aromatic carbocycles. The Labute approximate surface area is 194 Å². The summed E-state index contributed by atoms with van der Waals surface area (Å²) in [5, 5.41) is 1.17. The molecule has 3 heteroatoms. The Hall–Kier alpha value is 0.397. The van der Waals surface area contributed by atoms with E-state index in [4.69, 9.17) is 4.43 Å². The SMILES string of the molecule is C[SiH](C)OC(CCCCCCCCCC/C=C\CCCCCCCBr)C(C)(C)C. The lowest BCUT2D eigenvalue weighted by molar-refractivity contribution is 0.0759. The average molecular weight is 490 g/mol. The molecular formula is C26H53BrOSi. The van der Waals surface area contributed by atoms with Crippen LogP contribution >= 0.6 is 15.9 Å². The second-order valence-electron chi connectivity index (χ2n) is 10.2. The zero-order valence-corrected chi connectivity index (χ0v) is 23.4. The van der Waals surface area contributed by atoms with Gasteiger partial charge in [0.25, 0.3) is 0 Å². The van der Waals surface area contributed by atoms with E-state index in [1.54, 1.807) is 0 Å². The highest BCUT2D eigenvalue weighted by Gasteiger charge is 2.25. The molecule has 174 valence electrons. The van der Waals surface area contributed by atoms with Crippen molar-refractivity contribution in [2.45, 2.75) is 143 Å². The molecule has 1 unspecified atom stereocenters. The van der Waals surface area contributed by atoms with Crippen LogP contribution in [0.1, 0.15) is 124 Å². The predicted molar refractivity (Wildman–Crippen MR) is 140 cm³/mol. The Bertz CT molecular complexity index is 362. The highest BCUT2D eigenvalue weighted by Crippen LogP contribution is 2.27. The summed E-state index contributed by atoms with van der Waals surface area (Å²) in [5.74, 6) is 0. The van der Waals surface area contributed by atoms with E-state index in [1.807, 2.05) is 0 Å². The van der Waals surface area contributed by atoms with E-state index < -0.39 is 9.04 Å². The Balaban J connectivity index is 3.39. The van der Waals surface area contributed by atoms with Gasteiger partial charge in [0.2, 0.25) is 0 Å². The number of halogens is 1. The summed E-state index contributed by atoms with van der Waals surface area (Å²) in [6.45, 7) is 11.6. The van der Waals surface area contributed by atoms with Crippen molar-refractivity contribution in [3.63, 3.8) is 0 Å². The van der Waals surface area contributed by atoms with E-state index in [-0.39, 0.29) is 0 Å². The molecule has 0 spiro atoms. The van der Waals surface area contributed by atoms with E-state index in [0.717, 1.165) is 0 Å². The number of alkyl halides is 1. The van der Waals surface area contributed by atoms with Gasteiger partial charge in [-0.15, -0.1) is 0 Å². The maximum atomic E-state index is 6.28. The number of hydrogen-bond donors (Lipinski definition) is 0. The van der Waals surface area contributed by atoms with Gasteiger partial charge in [0, 0.05) is 11.4 Å². The predicted octanol–water partition coefficient (Wildman–Crippen LogP) is 9.59. The van der Waals surface area contributed by atoms with Gasteiger partial charge in [-0.2, -0.15) is 0 Å². The molecule has 0 amide bonds. The average Bonchev–Trinajstić information content (AvgIpc) is 2.65. The highest BCUT2D eigenvalue weighted by molar-refractivity contribution is 9.09. The van der Waals surface area contributed by atoms with Crippen molar-refractivity contribution >= 4 is 25.0 Å². The van der Waals surface area contributed by atoms with Crippen LogP contribution in [0.15, 0.2) is 12.2 Å². The third-order valence-corrected chi connectivity index (χ3v) is 7.09. The molecule has 0 N–H and O–H groups in total. The second kappa shape index (κ2) is 20.3. The van der Waals surface area contributed by atoms with Crippen LogP contribution in [0, 0.1) is 5.41 Å². The molecule has 1 nitrogen and oxygen atoms in total. The minimum atomic E-state index is -0.933. The van der Waals surface area contributed by atoms with E-state index >= 15 is 0 Å². The lowest BCUT2D eigenvalue weighted by atomic mass is 9.86. The fraction of sp³-hybridized carbons (Fsp3) is 0.923. The minimum Gasteiger partial charge on any atom is -0.417 e. The molecule has 0 saturated carbocycles. The summed E-state index contributed by atoms with van der Waals surface area (Å²) in [6.07, 6.45) is 27.2. The van der Waals surface area contributed by atoms with Crippen molar-refractivity contribution in [3.8, 4) is 0 Å². The summed E-state index contributed by atoms with van der Waals surface area (Å²) < 4.78 is 6.28. The molecule has 0 saturated heterocycles. The highest BCUT2D eigenvalue weighted by atomic mass is 79.9. The molecular weight excluding hydrogens is 436 g/mol. The third kappa shape index (κ3) is 21.4. The monoisotopic (exact) mass is 488 g/mol. The zero-order valence-electron chi connectivity index (χ0n) is 20.6. The first-order valence-corrected chi connectivity index (χ1v) is 16.6. The first-order valence-electron chi connectivity index (χ1n) is 12.7. The zero-order chi connectivity index (χ0) is 21.8. The maximum Gasteiger partial charge on any atom is 0.171 e. The summed E-state index contributed by atoms with van der Waals surface area (Å²) in [7, 11) is -0.933. The molecule has 0 heterocycles. The van der Waals surface area contributed by atoms with E-state index in [1.165, 1.54) is 108 Å². The van der Waals surface area contributed by atoms with Gasteiger partial charge >= 0.3 is 0 Å². The fourth-order valence-electron chi connectivity index (χ4n) is 3.81. The number of rotatable bonds is 20. The van der Waals surface area contributed by atoms with Gasteiger partial charge in [-0.3, -0.25) is 0 Å². The van der Waals surface area contributed by atoms with Crippen LogP contribution in [0.25, 0.3) is 0 Å². The summed E-state index contributed by atoms with van der Waals surface area (Å²) in [5.41, 5.74) is 0.290. The van der Waals surface area contributed by atoms with E-state index in [2.05, 4.69) is 61.9 Å². The van der Waals surface area contributed by atoms with E-state index in [0.29, 0.717) is 11.5 Å². The van der Waals surface area contributed by atoms with Gasteiger partial charge in [-0.05, 0) is 57.0 Å². The first-order chi connectivity index (χ1) is 13.9. The van der Waals surface area contributed by atoms with Gasteiger partial charge in [0.05, 0.1) is 0 Å². The molecule has 0 radical (unpaired) electrons. The van der Waals surface area contributed by atoms with Crippen molar-refractivity contribution in [2.75, 3.05) is 5.33 Å². The van der Waals surface area contributed by atoms with Crippen LogP contribution in [0.2, 0.25) is 13.1 Å². The Morgan fingerprint density at radius 1 is 0.690 bits per heavy atom. The Morgan fingerprint density at radius 2 is 1.10 bits per heavy atom. The Morgan fingerprint density at radius 3 is 1.52 bits per heavy atom. The van der Waals surface area contributed by atoms with Gasteiger partial charge in [0.1, 0.15) is 0 Å². The summed E-state index contributed by atoms with van der Waals surface area (Å²) in [4.78, 5) is 0. The number of unbranched alkanes of at least 4 members (excludes halogenated alkanes) is 13. The van der Waals surface area contributed by atoms with Crippen molar-refractivity contribution in [1.82, 2.24) is 0 Å². The van der Waals surface area contributed by atoms with Crippen LogP contribution in [0.4, 0.5) is 0 Å². The number of hydrogen-bond acceptors (Lipinski definition) is 1. The topological polar surface area (TPSA) is 9.23 Å². The molecule has 29 heavy (non-hydrogen) atoms. The molecule has 0 bridgehead atoms. The van der Waals surface area contributed by atoms with Crippen LogP contribution in [0.3, 0.4) is 0 Å². The minimum absolute atomic E-state index is 0.290. The molecule has 0 aromatic heterocycles. The van der Waals surface area contributed by atoms with Crippen LogP contribution in [0.5, 0.6) is 0 Å². The third-order valence-electron chi connectivity index (χ3n) is 5.66. The van der Waals surface area contributed by atoms with Gasteiger partial charge < -0.3 is 4.43 Å². The molecule has 0 aliphatic heterocycles. The van der Waals surface area contributed by atoms with Gasteiger partial charge in [-0.25, -0.2) is 0 Å². The van der Waals surface area contributed by atoms with Crippen LogP contribution in [-0.4, -0.2) is 20.5 Å². The maximum absolute atomic E-state index is 6.28. The molecule has 0 aliphatic carbocycles. The summed E-state index contributed by atoms with van der Waals surface area (Å²) >= 11 is 3.50. The van der Waals surface area contributed by atoms with Crippen LogP contribution < -0.4 is 0 Å². The van der Waals surface area contributed by atoms with E-state index in [9.17, 15) is 0 Å². The molecule has 0 rings (SSSR count). The molecule has 1 atom stereocenters. The lowest BCUT2D eigenvalue weighted by Crippen LogP contribution is -2.33. The second-order valence-corrected chi connectivity index (χ2v) is 13.3. The fourth-order valence-corrected chi connectivity index (χ4v) is 5.41. The van der Waals surface area contributed by atoms with Crippen molar-refractivity contribution in [3.05, 3.63) is 12.2 Å². The van der Waals surface area contributed by atoms with Crippen molar-refractivity contribution < 1.29 is 4.43 Å².